The van der Waals surface area contributed by atoms with Crippen LogP contribution in [0.1, 0.15) is 51.4 Å². The molecule has 0 aromatic carbocycles. The summed E-state index contributed by atoms with van der Waals surface area (Å²) in [4.78, 5) is 11.9. The summed E-state index contributed by atoms with van der Waals surface area (Å²) in [6.07, 6.45) is 9.69. The maximum absolute atomic E-state index is 11.9. The Hall–Kier alpha value is -0.370. The van der Waals surface area contributed by atoms with Gasteiger partial charge in [0.1, 0.15) is 5.78 Å². The Balaban J connectivity index is 1.33. The summed E-state index contributed by atoms with van der Waals surface area (Å²) < 4.78 is 5.57. The summed E-state index contributed by atoms with van der Waals surface area (Å²) in [5.74, 6) is 2.86. The summed E-state index contributed by atoms with van der Waals surface area (Å²) in [5.41, 5.74) is 0. The normalized spacial score (nSPS) is 41.0. The van der Waals surface area contributed by atoms with Crippen molar-refractivity contribution in [3.63, 3.8) is 0 Å². The van der Waals surface area contributed by atoms with E-state index >= 15 is 0 Å². The third kappa shape index (κ3) is 2.32. The number of ether oxygens (including phenoxy) is 1. The molecular formula is C14H22O2. The van der Waals surface area contributed by atoms with Crippen molar-refractivity contribution in [2.45, 2.75) is 57.5 Å². The highest BCUT2D eigenvalue weighted by Gasteiger charge is 2.47. The van der Waals surface area contributed by atoms with Gasteiger partial charge in [0, 0.05) is 18.9 Å². The van der Waals surface area contributed by atoms with E-state index in [0.29, 0.717) is 17.8 Å². The quantitative estimate of drug-likeness (QED) is 0.715. The van der Waals surface area contributed by atoms with E-state index in [4.69, 9.17) is 4.74 Å². The number of carbonyl (C=O) groups is 1. The lowest BCUT2D eigenvalue weighted by Gasteiger charge is -2.12. The zero-order valence-corrected chi connectivity index (χ0v) is 9.99. The van der Waals surface area contributed by atoms with Crippen LogP contribution in [0.4, 0.5) is 0 Å². The second kappa shape index (κ2) is 4.48. The van der Waals surface area contributed by atoms with Gasteiger partial charge in [-0.2, -0.15) is 0 Å². The lowest BCUT2D eigenvalue weighted by atomic mass is 9.94. The number of hydrogen-bond donors (Lipinski definition) is 0. The fourth-order valence-corrected chi connectivity index (χ4v) is 3.56. The molecule has 2 saturated carbocycles. The van der Waals surface area contributed by atoms with Gasteiger partial charge in [0.15, 0.2) is 0 Å². The summed E-state index contributed by atoms with van der Waals surface area (Å²) in [5, 5.41) is 0. The van der Waals surface area contributed by atoms with E-state index in [2.05, 4.69) is 0 Å². The number of Topliss-reactive ketones (excluding diaryl/α,β-unsaturated/α-hetero) is 1. The standard InChI is InChI=1S/C14H22O2/c15-14(12-8-10-7-11(10)9-12)5-1-3-13-4-2-6-16-13/h10-13H,1-9H2. The number of hydrogen-bond acceptors (Lipinski definition) is 2. The Morgan fingerprint density at radius 3 is 2.69 bits per heavy atom. The van der Waals surface area contributed by atoms with Gasteiger partial charge in [-0.25, -0.2) is 0 Å². The predicted molar refractivity (Wildman–Crippen MR) is 62.2 cm³/mol. The number of carbonyl (C=O) groups excluding carboxylic acids is 1. The van der Waals surface area contributed by atoms with Gasteiger partial charge in [-0.1, -0.05) is 0 Å². The molecule has 90 valence electrons. The molecule has 0 bridgehead atoms. The fourth-order valence-electron chi connectivity index (χ4n) is 3.56. The van der Waals surface area contributed by atoms with E-state index in [1.807, 2.05) is 0 Å². The molecule has 0 amide bonds. The van der Waals surface area contributed by atoms with Gasteiger partial charge in [-0.05, 0) is 56.8 Å². The molecule has 0 N–H and O–H groups in total. The Morgan fingerprint density at radius 2 is 2.00 bits per heavy atom. The maximum atomic E-state index is 11.9. The third-order valence-corrected chi connectivity index (χ3v) is 4.67. The number of ketones is 1. The molecule has 3 rings (SSSR count). The maximum Gasteiger partial charge on any atom is 0.135 e. The SMILES string of the molecule is O=C(CCCC1CCCO1)C1CC2CC2C1. The Kier molecular flexibility index (Phi) is 3.01. The van der Waals surface area contributed by atoms with Gasteiger partial charge in [0.2, 0.25) is 0 Å². The van der Waals surface area contributed by atoms with Crippen molar-refractivity contribution in [2.75, 3.05) is 6.61 Å². The molecule has 2 heteroatoms. The van der Waals surface area contributed by atoms with E-state index in [1.54, 1.807) is 0 Å². The van der Waals surface area contributed by atoms with Crippen LogP contribution < -0.4 is 0 Å². The van der Waals surface area contributed by atoms with Gasteiger partial charge in [0.05, 0.1) is 6.10 Å². The van der Waals surface area contributed by atoms with E-state index < -0.39 is 0 Å². The van der Waals surface area contributed by atoms with Gasteiger partial charge in [0.25, 0.3) is 0 Å². The molecule has 16 heavy (non-hydrogen) atoms. The first-order valence-electron chi connectivity index (χ1n) is 6.97. The summed E-state index contributed by atoms with van der Waals surface area (Å²) in [6, 6.07) is 0. The first-order valence-corrected chi connectivity index (χ1v) is 6.97. The first-order chi connectivity index (χ1) is 7.83. The molecule has 3 atom stereocenters. The summed E-state index contributed by atoms with van der Waals surface area (Å²) in [6.45, 7) is 0.935. The fraction of sp³-hybridized carbons (Fsp3) is 0.929. The van der Waals surface area contributed by atoms with Crippen LogP contribution in [0.2, 0.25) is 0 Å². The van der Waals surface area contributed by atoms with Crippen molar-refractivity contribution >= 4 is 5.78 Å². The van der Waals surface area contributed by atoms with Gasteiger partial charge < -0.3 is 4.74 Å². The molecule has 1 heterocycles. The van der Waals surface area contributed by atoms with Gasteiger partial charge >= 0.3 is 0 Å². The van der Waals surface area contributed by atoms with Crippen LogP contribution in [0.3, 0.4) is 0 Å². The second-order valence-electron chi connectivity index (χ2n) is 5.92. The number of fused-ring (bicyclic) bond motifs is 1. The Morgan fingerprint density at radius 1 is 1.19 bits per heavy atom. The molecular weight excluding hydrogens is 200 g/mol. The highest BCUT2D eigenvalue weighted by Crippen LogP contribution is 2.54. The zero-order valence-electron chi connectivity index (χ0n) is 9.99. The predicted octanol–water partition coefficient (Wildman–Crippen LogP) is 2.95. The summed E-state index contributed by atoms with van der Waals surface area (Å²) >= 11 is 0. The molecule has 2 nitrogen and oxygen atoms in total. The molecule has 3 fully saturated rings. The van der Waals surface area contributed by atoms with E-state index in [9.17, 15) is 4.79 Å². The third-order valence-electron chi connectivity index (χ3n) is 4.67. The molecule has 0 spiro atoms. The van der Waals surface area contributed by atoms with Crippen LogP contribution in [-0.4, -0.2) is 18.5 Å². The molecule has 3 unspecified atom stereocenters. The molecule has 3 aliphatic rings. The van der Waals surface area contributed by atoms with E-state index in [0.717, 1.165) is 37.7 Å². The Labute approximate surface area is 97.7 Å². The minimum absolute atomic E-state index is 0.438. The van der Waals surface area contributed by atoms with Crippen molar-refractivity contribution in [1.82, 2.24) is 0 Å². The molecule has 1 aliphatic heterocycles. The van der Waals surface area contributed by atoms with Crippen molar-refractivity contribution in [1.29, 1.82) is 0 Å². The van der Waals surface area contributed by atoms with Gasteiger partial charge in [-0.3, -0.25) is 4.79 Å². The average molecular weight is 222 g/mol. The van der Waals surface area contributed by atoms with Crippen molar-refractivity contribution in [2.24, 2.45) is 17.8 Å². The van der Waals surface area contributed by atoms with Crippen molar-refractivity contribution < 1.29 is 9.53 Å². The minimum atomic E-state index is 0.438. The zero-order chi connectivity index (χ0) is 11.0. The second-order valence-corrected chi connectivity index (χ2v) is 5.92. The topological polar surface area (TPSA) is 26.3 Å². The van der Waals surface area contributed by atoms with E-state index in [-0.39, 0.29) is 0 Å². The summed E-state index contributed by atoms with van der Waals surface area (Å²) in [7, 11) is 0. The van der Waals surface area contributed by atoms with Crippen LogP contribution in [0, 0.1) is 17.8 Å². The Bertz CT molecular complexity index is 258. The van der Waals surface area contributed by atoms with Crippen LogP contribution in [-0.2, 0) is 9.53 Å². The monoisotopic (exact) mass is 222 g/mol. The molecule has 0 aromatic rings. The number of rotatable bonds is 5. The lowest BCUT2D eigenvalue weighted by molar-refractivity contribution is -0.123. The molecule has 0 radical (unpaired) electrons. The van der Waals surface area contributed by atoms with E-state index in [1.165, 1.54) is 32.1 Å². The van der Waals surface area contributed by atoms with Gasteiger partial charge in [-0.15, -0.1) is 0 Å². The first kappa shape index (κ1) is 10.8. The molecule has 2 aliphatic carbocycles. The van der Waals surface area contributed by atoms with Crippen LogP contribution in [0.5, 0.6) is 0 Å². The minimum Gasteiger partial charge on any atom is -0.378 e. The highest BCUT2D eigenvalue weighted by atomic mass is 16.5. The highest BCUT2D eigenvalue weighted by molar-refractivity contribution is 5.81. The molecule has 0 aromatic heterocycles. The lowest BCUT2D eigenvalue weighted by Crippen LogP contribution is -2.13. The largest absolute Gasteiger partial charge is 0.378 e. The molecule has 1 saturated heterocycles. The van der Waals surface area contributed by atoms with Crippen LogP contribution in [0.25, 0.3) is 0 Å². The van der Waals surface area contributed by atoms with Crippen LogP contribution >= 0.6 is 0 Å². The van der Waals surface area contributed by atoms with Crippen LogP contribution in [0.15, 0.2) is 0 Å². The van der Waals surface area contributed by atoms with Crippen molar-refractivity contribution in [3.8, 4) is 0 Å². The smallest absolute Gasteiger partial charge is 0.135 e. The van der Waals surface area contributed by atoms with Crippen molar-refractivity contribution in [3.05, 3.63) is 0 Å². The average Bonchev–Trinajstić information content (AvgIpc) is 2.72.